The number of aliphatic imine (C=N–C) groups is 1. The molecule has 2 heterocycles. The second kappa shape index (κ2) is 4.24. The molecule has 1 N–H and O–H groups in total. The van der Waals surface area contributed by atoms with E-state index in [0.717, 1.165) is 5.82 Å². The lowest BCUT2D eigenvalue weighted by Crippen LogP contribution is -2.22. The van der Waals surface area contributed by atoms with Gasteiger partial charge >= 0.3 is 0 Å². The normalized spacial score (nSPS) is 24.4. The predicted octanol–water partition coefficient (Wildman–Crippen LogP) is 2.95. The van der Waals surface area contributed by atoms with Crippen LogP contribution in [0.15, 0.2) is 23.3 Å². The van der Waals surface area contributed by atoms with E-state index in [1.807, 2.05) is 12.4 Å². The molecule has 1 unspecified atom stereocenters. The van der Waals surface area contributed by atoms with Gasteiger partial charge < -0.3 is 5.32 Å². The smallest absolute Gasteiger partial charge is 0.126 e. The Kier molecular flexibility index (Phi) is 2.60. The number of pyridine rings is 1. The number of hydrogen-bond acceptors (Lipinski definition) is 3. The average Bonchev–Trinajstić information content (AvgIpc) is 3.15. The molecule has 1 aromatic rings. The number of nitrogens with zero attached hydrogens (tertiary/aromatic N) is 2. The fraction of sp³-hybridized carbons (Fsp3) is 0.538. The third kappa shape index (κ3) is 2.23. The minimum absolute atomic E-state index is 0.316. The molecule has 1 aliphatic heterocycles. The molecule has 2 aliphatic rings. The second-order valence-corrected chi connectivity index (χ2v) is 4.70. The van der Waals surface area contributed by atoms with Crippen LogP contribution in [0.2, 0.25) is 0 Å². The zero-order valence-electron chi connectivity index (χ0n) is 9.39. The molecule has 3 nitrogen and oxygen atoms in total. The van der Waals surface area contributed by atoms with E-state index in [2.05, 4.69) is 27.4 Å². The van der Waals surface area contributed by atoms with E-state index in [0.29, 0.717) is 12.1 Å². The van der Waals surface area contributed by atoms with Crippen molar-refractivity contribution in [3.05, 3.63) is 23.9 Å². The number of hydrogen-bond donors (Lipinski definition) is 1. The summed E-state index contributed by atoms with van der Waals surface area (Å²) in [5.74, 6) is 1.01. The summed E-state index contributed by atoms with van der Waals surface area (Å²) in [5.41, 5.74) is 1.20. The van der Waals surface area contributed by atoms with E-state index in [4.69, 9.17) is 0 Å². The van der Waals surface area contributed by atoms with Crippen LogP contribution in [0.1, 0.15) is 43.7 Å². The van der Waals surface area contributed by atoms with Crippen molar-refractivity contribution in [1.29, 1.82) is 0 Å². The van der Waals surface area contributed by atoms with Gasteiger partial charge in [-0.3, -0.25) is 4.99 Å². The molecule has 84 valence electrons. The van der Waals surface area contributed by atoms with Crippen LogP contribution in [0.5, 0.6) is 0 Å². The first-order valence-corrected chi connectivity index (χ1v) is 6.17. The maximum atomic E-state index is 4.44. The number of rotatable bonds is 3. The first-order chi connectivity index (χ1) is 7.92. The fourth-order valence-corrected chi connectivity index (χ4v) is 2.34. The summed E-state index contributed by atoms with van der Waals surface area (Å²) >= 11 is 0. The zero-order chi connectivity index (χ0) is 10.8. The van der Waals surface area contributed by atoms with Crippen LogP contribution >= 0.6 is 0 Å². The standard InChI is InChI=1S/C13H17N3/c1-2-4-11(5-3-1)16-13-7-6-10(8-15-13)12-9-14-12/h6-9,11-12H,1-5H2,(H,15,16). The molecule has 0 aromatic carbocycles. The summed E-state index contributed by atoms with van der Waals surface area (Å²) in [6, 6.07) is 5.14. The summed E-state index contributed by atoms with van der Waals surface area (Å²) in [6.07, 6.45) is 10.6. The molecule has 0 bridgehead atoms. The minimum atomic E-state index is 0.316. The van der Waals surface area contributed by atoms with Gasteiger partial charge in [-0.1, -0.05) is 25.3 Å². The lowest BCUT2D eigenvalue weighted by Gasteiger charge is -2.23. The van der Waals surface area contributed by atoms with Gasteiger partial charge in [0.05, 0.1) is 0 Å². The van der Waals surface area contributed by atoms with Gasteiger partial charge in [0.15, 0.2) is 0 Å². The van der Waals surface area contributed by atoms with E-state index in [1.165, 1.54) is 37.7 Å². The van der Waals surface area contributed by atoms with Crippen LogP contribution < -0.4 is 5.32 Å². The third-order valence-electron chi connectivity index (χ3n) is 3.38. The van der Waals surface area contributed by atoms with E-state index in [-0.39, 0.29) is 0 Å². The van der Waals surface area contributed by atoms with Crippen molar-refractivity contribution in [1.82, 2.24) is 4.98 Å². The van der Waals surface area contributed by atoms with Crippen molar-refractivity contribution >= 4 is 12.0 Å². The molecular weight excluding hydrogens is 198 g/mol. The molecule has 0 amide bonds. The minimum Gasteiger partial charge on any atom is -0.367 e. The molecule has 0 radical (unpaired) electrons. The average molecular weight is 215 g/mol. The lowest BCUT2D eigenvalue weighted by atomic mass is 9.95. The molecule has 1 atom stereocenters. The van der Waals surface area contributed by atoms with Crippen molar-refractivity contribution in [3.8, 4) is 0 Å². The van der Waals surface area contributed by atoms with Gasteiger partial charge in [0.1, 0.15) is 11.9 Å². The highest BCUT2D eigenvalue weighted by Gasteiger charge is 2.17. The number of nitrogens with one attached hydrogen (secondary N) is 1. The maximum absolute atomic E-state index is 4.44. The van der Waals surface area contributed by atoms with E-state index < -0.39 is 0 Å². The van der Waals surface area contributed by atoms with Crippen molar-refractivity contribution in [2.24, 2.45) is 4.99 Å². The highest BCUT2D eigenvalue weighted by atomic mass is 15.0. The van der Waals surface area contributed by atoms with E-state index in [1.54, 1.807) is 0 Å². The Morgan fingerprint density at radius 2 is 1.94 bits per heavy atom. The largest absolute Gasteiger partial charge is 0.367 e. The molecule has 1 fully saturated rings. The third-order valence-corrected chi connectivity index (χ3v) is 3.38. The van der Waals surface area contributed by atoms with Crippen molar-refractivity contribution in [3.63, 3.8) is 0 Å². The molecule has 1 saturated carbocycles. The zero-order valence-corrected chi connectivity index (χ0v) is 9.39. The number of anilines is 1. The summed E-state index contributed by atoms with van der Waals surface area (Å²) in [5, 5.41) is 3.52. The Bertz CT molecular complexity index is 371. The Morgan fingerprint density at radius 1 is 1.12 bits per heavy atom. The molecule has 0 spiro atoms. The quantitative estimate of drug-likeness (QED) is 0.841. The fourth-order valence-electron chi connectivity index (χ4n) is 2.34. The van der Waals surface area contributed by atoms with Crippen LogP contribution in [0.3, 0.4) is 0 Å². The summed E-state index contributed by atoms with van der Waals surface area (Å²) in [6.45, 7) is 0. The van der Waals surface area contributed by atoms with Gasteiger partial charge in [-0.2, -0.15) is 0 Å². The van der Waals surface area contributed by atoms with Gasteiger partial charge in [-0.15, -0.1) is 0 Å². The van der Waals surface area contributed by atoms with Crippen molar-refractivity contribution in [2.45, 2.75) is 44.2 Å². The Labute approximate surface area is 96.0 Å². The van der Waals surface area contributed by atoms with Crippen molar-refractivity contribution in [2.75, 3.05) is 5.32 Å². The molecule has 1 aliphatic carbocycles. The highest BCUT2D eigenvalue weighted by Crippen LogP contribution is 2.25. The predicted molar refractivity (Wildman–Crippen MR) is 66.0 cm³/mol. The Hall–Kier alpha value is -1.38. The first-order valence-electron chi connectivity index (χ1n) is 6.17. The van der Waals surface area contributed by atoms with Crippen LogP contribution in [0, 0.1) is 0 Å². The highest BCUT2D eigenvalue weighted by molar-refractivity contribution is 5.79. The molecule has 16 heavy (non-hydrogen) atoms. The van der Waals surface area contributed by atoms with Gasteiger partial charge in [0.2, 0.25) is 0 Å². The maximum Gasteiger partial charge on any atom is 0.126 e. The summed E-state index contributed by atoms with van der Waals surface area (Å²) < 4.78 is 0. The van der Waals surface area contributed by atoms with Gasteiger partial charge in [-0.25, -0.2) is 4.98 Å². The van der Waals surface area contributed by atoms with Crippen LogP contribution in [0.25, 0.3) is 0 Å². The summed E-state index contributed by atoms with van der Waals surface area (Å²) in [7, 11) is 0. The van der Waals surface area contributed by atoms with E-state index in [9.17, 15) is 0 Å². The first kappa shape index (κ1) is 9.82. The van der Waals surface area contributed by atoms with Crippen LogP contribution in [0.4, 0.5) is 5.82 Å². The summed E-state index contributed by atoms with van der Waals surface area (Å²) in [4.78, 5) is 8.58. The van der Waals surface area contributed by atoms with E-state index >= 15 is 0 Å². The lowest BCUT2D eigenvalue weighted by molar-refractivity contribution is 0.462. The van der Waals surface area contributed by atoms with Gasteiger partial charge in [0, 0.05) is 24.0 Å². The van der Waals surface area contributed by atoms with Crippen LogP contribution in [-0.4, -0.2) is 17.2 Å². The molecule has 1 aromatic heterocycles. The van der Waals surface area contributed by atoms with Crippen molar-refractivity contribution < 1.29 is 0 Å². The van der Waals surface area contributed by atoms with Gasteiger partial charge in [0.25, 0.3) is 0 Å². The molecule has 3 rings (SSSR count). The molecule has 3 heteroatoms. The van der Waals surface area contributed by atoms with Crippen LogP contribution in [-0.2, 0) is 0 Å². The second-order valence-electron chi connectivity index (χ2n) is 4.70. The SMILES string of the molecule is C1=NC1c1ccc(NC2CCCCC2)nc1. The number of aromatic nitrogens is 1. The molecular formula is C13H17N3. The monoisotopic (exact) mass is 215 g/mol. The molecule has 0 saturated heterocycles. The Balaban J connectivity index is 1.60. The topological polar surface area (TPSA) is 37.3 Å². The van der Waals surface area contributed by atoms with Gasteiger partial charge in [-0.05, 0) is 18.9 Å². The Morgan fingerprint density at radius 3 is 2.56 bits per heavy atom.